The fraction of sp³-hybridized carbons (Fsp3) is 0. The van der Waals surface area contributed by atoms with Crippen LogP contribution < -0.4 is 0 Å². The van der Waals surface area contributed by atoms with Crippen molar-refractivity contribution in [3.8, 4) is 0 Å². The van der Waals surface area contributed by atoms with Crippen LogP contribution in [0.3, 0.4) is 0 Å². The van der Waals surface area contributed by atoms with Crippen LogP contribution in [-0.2, 0) is 0 Å². The van der Waals surface area contributed by atoms with Gasteiger partial charge in [-0.2, -0.15) is 0 Å². The Bertz CT molecular complexity index is 825. The highest BCUT2D eigenvalue weighted by Gasteiger charge is 2.12. The molecule has 0 amide bonds. The average Bonchev–Trinajstić information content (AvgIpc) is 2.38. The summed E-state index contributed by atoms with van der Waals surface area (Å²) in [6.07, 6.45) is 0. The van der Waals surface area contributed by atoms with Crippen LogP contribution in [0.5, 0.6) is 0 Å². The summed E-state index contributed by atoms with van der Waals surface area (Å²) in [7, 11) is 0. The predicted molar refractivity (Wildman–Crippen MR) is 78.4 cm³/mol. The highest BCUT2D eigenvalue weighted by molar-refractivity contribution is 6.39. The van der Waals surface area contributed by atoms with Gasteiger partial charge in [0, 0.05) is 15.4 Å². The largest absolute Gasteiger partial charge is 0.478 e. The molecule has 3 rings (SSSR count). The van der Waals surface area contributed by atoms with Crippen LogP contribution in [0.2, 0.25) is 10.0 Å². The molecule has 2 nitrogen and oxygen atoms in total. The van der Waals surface area contributed by atoms with E-state index in [2.05, 4.69) is 0 Å². The highest BCUT2D eigenvalue weighted by atomic mass is 35.5. The van der Waals surface area contributed by atoms with E-state index in [0.29, 0.717) is 15.4 Å². The SMILES string of the molecule is O=C(O)c1cccc2c1cc(Cl)c1ccc(Cl)cc12. The second kappa shape index (κ2) is 4.41. The van der Waals surface area contributed by atoms with Crippen molar-refractivity contribution in [1.82, 2.24) is 0 Å². The molecule has 4 heteroatoms. The van der Waals surface area contributed by atoms with E-state index in [4.69, 9.17) is 23.2 Å². The maximum absolute atomic E-state index is 11.3. The van der Waals surface area contributed by atoms with E-state index in [1.807, 2.05) is 12.1 Å². The summed E-state index contributed by atoms with van der Waals surface area (Å²) in [4.78, 5) is 11.3. The Morgan fingerprint density at radius 2 is 1.68 bits per heavy atom. The Morgan fingerprint density at radius 3 is 2.42 bits per heavy atom. The van der Waals surface area contributed by atoms with E-state index >= 15 is 0 Å². The van der Waals surface area contributed by atoms with Gasteiger partial charge in [0.25, 0.3) is 0 Å². The van der Waals surface area contributed by atoms with Crippen LogP contribution >= 0.6 is 23.2 Å². The first-order valence-corrected chi connectivity index (χ1v) is 6.37. The van der Waals surface area contributed by atoms with Gasteiger partial charge in [0.1, 0.15) is 0 Å². The van der Waals surface area contributed by atoms with Crippen molar-refractivity contribution < 1.29 is 9.90 Å². The molecule has 0 bridgehead atoms. The van der Waals surface area contributed by atoms with Gasteiger partial charge in [-0.05, 0) is 40.4 Å². The first kappa shape index (κ1) is 12.3. The molecule has 0 atom stereocenters. The minimum atomic E-state index is -0.969. The zero-order chi connectivity index (χ0) is 13.6. The van der Waals surface area contributed by atoms with Gasteiger partial charge >= 0.3 is 5.97 Å². The molecule has 0 aromatic heterocycles. The topological polar surface area (TPSA) is 37.3 Å². The molecule has 0 spiro atoms. The molecule has 0 aliphatic heterocycles. The number of carboxylic acids is 1. The standard InChI is InChI=1S/C15H8Cl2O2/c16-8-4-5-10-12(6-8)9-2-1-3-11(15(18)19)13(9)7-14(10)17/h1-7H,(H,18,19). The lowest BCUT2D eigenvalue weighted by atomic mass is 9.98. The maximum Gasteiger partial charge on any atom is 0.336 e. The van der Waals surface area contributed by atoms with Gasteiger partial charge in [-0.25, -0.2) is 4.79 Å². The average molecular weight is 291 g/mol. The number of aromatic carboxylic acids is 1. The Hall–Kier alpha value is -1.77. The molecule has 0 fully saturated rings. The van der Waals surface area contributed by atoms with Crippen LogP contribution in [-0.4, -0.2) is 11.1 Å². The molecule has 1 N–H and O–H groups in total. The minimum Gasteiger partial charge on any atom is -0.478 e. The first-order chi connectivity index (χ1) is 9.08. The van der Waals surface area contributed by atoms with Gasteiger partial charge < -0.3 is 5.11 Å². The van der Waals surface area contributed by atoms with E-state index in [1.54, 1.807) is 30.3 Å². The molecule has 0 aliphatic rings. The number of fused-ring (bicyclic) bond motifs is 3. The van der Waals surface area contributed by atoms with Crippen molar-refractivity contribution >= 4 is 50.7 Å². The zero-order valence-electron chi connectivity index (χ0n) is 9.65. The van der Waals surface area contributed by atoms with Crippen LogP contribution in [0.4, 0.5) is 0 Å². The molecular weight excluding hydrogens is 283 g/mol. The van der Waals surface area contributed by atoms with Gasteiger partial charge in [-0.1, -0.05) is 41.4 Å². The third-order valence-corrected chi connectivity index (χ3v) is 3.68. The molecular formula is C15H8Cl2O2. The van der Waals surface area contributed by atoms with Crippen molar-refractivity contribution in [1.29, 1.82) is 0 Å². The van der Waals surface area contributed by atoms with Crippen molar-refractivity contribution in [2.45, 2.75) is 0 Å². The Labute approximate surface area is 119 Å². The van der Waals surface area contributed by atoms with E-state index < -0.39 is 5.97 Å². The molecule has 19 heavy (non-hydrogen) atoms. The third kappa shape index (κ3) is 1.93. The quantitative estimate of drug-likeness (QED) is 0.641. The predicted octanol–water partition coefficient (Wildman–Crippen LogP) is 5.00. The van der Waals surface area contributed by atoms with E-state index in [-0.39, 0.29) is 5.56 Å². The van der Waals surface area contributed by atoms with Crippen LogP contribution in [0.15, 0.2) is 42.5 Å². The summed E-state index contributed by atoms with van der Waals surface area (Å²) in [6.45, 7) is 0. The molecule has 0 aliphatic carbocycles. The second-order valence-corrected chi connectivity index (χ2v) is 5.10. The van der Waals surface area contributed by atoms with Crippen LogP contribution in [0, 0.1) is 0 Å². The van der Waals surface area contributed by atoms with Gasteiger partial charge in [-0.15, -0.1) is 0 Å². The molecule has 0 radical (unpaired) electrons. The first-order valence-electron chi connectivity index (χ1n) is 5.62. The molecule has 0 heterocycles. The third-order valence-electron chi connectivity index (χ3n) is 3.14. The molecule has 94 valence electrons. The number of carbonyl (C=O) groups is 1. The number of hydrogen-bond acceptors (Lipinski definition) is 1. The fourth-order valence-corrected chi connectivity index (χ4v) is 2.74. The van der Waals surface area contributed by atoms with Gasteiger partial charge in [0.2, 0.25) is 0 Å². The van der Waals surface area contributed by atoms with Crippen molar-refractivity contribution in [2.75, 3.05) is 0 Å². The summed E-state index contributed by atoms with van der Waals surface area (Å²) >= 11 is 12.2. The van der Waals surface area contributed by atoms with Crippen molar-refractivity contribution in [3.63, 3.8) is 0 Å². The van der Waals surface area contributed by atoms with Crippen molar-refractivity contribution in [3.05, 3.63) is 58.1 Å². The fourth-order valence-electron chi connectivity index (χ4n) is 2.29. The maximum atomic E-state index is 11.3. The molecule has 3 aromatic carbocycles. The normalized spacial score (nSPS) is 11.1. The molecule has 3 aromatic rings. The monoisotopic (exact) mass is 290 g/mol. The second-order valence-electron chi connectivity index (χ2n) is 4.25. The number of benzene rings is 3. The highest BCUT2D eigenvalue weighted by Crippen LogP contribution is 2.34. The zero-order valence-corrected chi connectivity index (χ0v) is 11.2. The molecule has 0 unspecified atom stereocenters. The smallest absolute Gasteiger partial charge is 0.336 e. The summed E-state index contributed by atoms with van der Waals surface area (Å²) < 4.78 is 0. The van der Waals surface area contributed by atoms with E-state index in [0.717, 1.165) is 16.2 Å². The minimum absolute atomic E-state index is 0.237. The summed E-state index contributed by atoms with van der Waals surface area (Å²) in [5.41, 5.74) is 0.237. The Balaban J connectivity index is 2.57. The number of carboxylic acid groups (broad SMARTS) is 1. The van der Waals surface area contributed by atoms with Crippen LogP contribution in [0.1, 0.15) is 10.4 Å². The number of rotatable bonds is 1. The lowest BCUT2D eigenvalue weighted by Crippen LogP contribution is -1.97. The van der Waals surface area contributed by atoms with Gasteiger partial charge in [0.15, 0.2) is 0 Å². The Morgan fingerprint density at radius 1 is 0.895 bits per heavy atom. The number of hydrogen-bond donors (Lipinski definition) is 1. The summed E-state index contributed by atoms with van der Waals surface area (Å²) in [5.74, 6) is -0.969. The van der Waals surface area contributed by atoms with Gasteiger partial charge in [-0.3, -0.25) is 0 Å². The molecule has 0 saturated carbocycles. The summed E-state index contributed by atoms with van der Waals surface area (Å²) in [6, 6.07) is 12.3. The Kier molecular flexibility index (Phi) is 2.85. The van der Waals surface area contributed by atoms with Crippen molar-refractivity contribution in [2.24, 2.45) is 0 Å². The van der Waals surface area contributed by atoms with Gasteiger partial charge in [0.05, 0.1) is 5.56 Å². The van der Waals surface area contributed by atoms with E-state index in [9.17, 15) is 9.90 Å². The lowest BCUT2D eigenvalue weighted by molar-refractivity contribution is 0.0699. The summed E-state index contributed by atoms with van der Waals surface area (Å²) in [5, 5.41) is 13.5. The molecule has 0 saturated heterocycles. The van der Waals surface area contributed by atoms with Crippen LogP contribution in [0.25, 0.3) is 21.5 Å². The lowest BCUT2D eigenvalue weighted by Gasteiger charge is -2.09. The number of halogens is 2. The van der Waals surface area contributed by atoms with E-state index in [1.165, 1.54) is 0 Å².